The fraction of sp³-hybridized carbons (Fsp3) is 0.208. The number of ether oxygens (including phenoxy) is 2. The van der Waals surface area contributed by atoms with E-state index < -0.39 is 29.3 Å². The largest absolute Gasteiger partial charge is 0.429 e. The molecule has 0 aliphatic carbocycles. The maximum absolute atomic E-state index is 14.4. The lowest BCUT2D eigenvalue weighted by atomic mass is 10.1. The molecule has 0 N–H and O–H groups in total. The number of halogens is 5. The van der Waals surface area contributed by atoms with E-state index in [1.54, 1.807) is 18.2 Å². The summed E-state index contributed by atoms with van der Waals surface area (Å²) in [5.74, 6) is -1.82. The molecule has 0 aromatic heterocycles. The molecule has 0 unspecified atom stereocenters. The molecule has 0 spiro atoms. The van der Waals surface area contributed by atoms with Gasteiger partial charge in [0.05, 0.1) is 16.7 Å². The summed E-state index contributed by atoms with van der Waals surface area (Å²) in [6.07, 6.45) is -5.89. The number of nitrogens with zero attached hydrogens (tertiary/aromatic N) is 1. The molecule has 0 aliphatic rings. The number of alkyl halides is 4. The van der Waals surface area contributed by atoms with Gasteiger partial charge in [-0.15, -0.1) is 0 Å². The predicted molar refractivity (Wildman–Crippen MR) is 107 cm³/mol. The van der Waals surface area contributed by atoms with Gasteiger partial charge in [-0.25, -0.2) is 4.39 Å². The first-order valence-corrected chi connectivity index (χ1v) is 9.68. The highest BCUT2D eigenvalue weighted by Crippen LogP contribution is 2.35. The Kier molecular flexibility index (Phi) is 6.68. The number of rotatable bonds is 8. The Balaban J connectivity index is 1.72. The molecule has 3 aromatic carbocycles. The standard InChI is InChI=1S/C24H18F5NO2/c1-2-3-16-4-7-18(8-5-16)23(26,27)31-20-12-9-19(10-13-20)24(28,29)32-21-11-6-17(15-30)22(25)14-21/h4-14H,2-3H2,1H3. The van der Waals surface area contributed by atoms with Crippen LogP contribution in [0.25, 0.3) is 0 Å². The summed E-state index contributed by atoms with van der Waals surface area (Å²) in [6.45, 7) is 1.98. The van der Waals surface area contributed by atoms with E-state index >= 15 is 0 Å². The van der Waals surface area contributed by atoms with Crippen LogP contribution >= 0.6 is 0 Å². The molecule has 0 saturated carbocycles. The van der Waals surface area contributed by atoms with Gasteiger partial charge < -0.3 is 9.47 Å². The van der Waals surface area contributed by atoms with Gasteiger partial charge in [-0.3, -0.25) is 0 Å². The maximum atomic E-state index is 14.4. The Morgan fingerprint density at radius 3 is 1.78 bits per heavy atom. The van der Waals surface area contributed by atoms with E-state index in [9.17, 15) is 22.0 Å². The molecular weight excluding hydrogens is 429 g/mol. The number of hydrogen-bond acceptors (Lipinski definition) is 3. The maximum Gasteiger partial charge on any atom is 0.426 e. The van der Waals surface area contributed by atoms with E-state index in [0.717, 1.165) is 54.8 Å². The number of nitriles is 1. The first-order valence-electron chi connectivity index (χ1n) is 9.68. The normalized spacial score (nSPS) is 11.7. The Labute approximate surface area is 181 Å². The van der Waals surface area contributed by atoms with Crippen LogP contribution in [0.3, 0.4) is 0 Å². The van der Waals surface area contributed by atoms with Crippen molar-refractivity contribution in [2.75, 3.05) is 0 Å². The molecule has 0 atom stereocenters. The number of aryl methyl sites for hydroxylation is 1. The summed E-state index contributed by atoms with van der Waals surface area (Å²) in [4.78, 5) is 0. The van der Waals surface area contributed by atoms with E-state index in [1.165, 1.54) is 12.1 Å². The van der Waals surface area contributed by atoms with Crippen molar-refractivity contribution in [2.24, 2.45) is 0 Å². The molecule has 166 valence electrons. The molecule has 0 amide bonds. The first kappa shape index (κ1) is 23.1. The van der Waals surface area contributed by atoms with Crippen molar-refractivity contribution >= 4 is 0 Å². The van der Waals surface area contributed by atoms with E-state index in [-0.39, 0.29) is 16.9 Å². The molecule has 0 bridgehead atoms. The van der Waals surface area contributed by atoms with E-state index in [4.69, 9.17) is 10.00 Å². The molecule has 3 nitrogen and oxygen atoms in total. The molecule has 8 heteroatoms. The highest BCUT2D eigenvalue weighted by Gasteiger charge is 2.37. The van der Waals surface area contributed by atoms with Crippen LogP contribution in [0.15, 0.2) is 66.7 Å². The van der Waals surface area contributed by atoms with Crippen molar-refractivity contribution in [3.05, 3.63) is 94.8 Å². The average Bonchev–Trinajstić information content (AvgIpc) is 2.74. The zero-order valence-corrected chi connectivity index (χ0v) is 16.9. The summed E-state index contributed by atoms with van der Waals surface area (Å²) in [6, 6.07) is 13.6. The van der Waals surface area contributed by atoms with Crippen LogP contribution in [0.1, 0.15) is 35.6 Å². The minimum Gasteiger partial charge on any atom is -0.429 e. The monoisotopic (exact) mass is 447 g/mol. The third-order valence-corrected chi connectivity index (χ3v) is 4.57. The topological polar surface area (TPSA) is 42.2 Å². The van der Waals surface area contributed by atoms with Crippen LogP contribution in [0.2, 0.25) is 0 Å². The third-order valence-electron chi connectivity index (χ3n) is 4.57. The van der Waals surface area contributed by atoms with Crippen molar-refractivity contribution in [3.8, 4) is 17.6 Å². The molecule has 0 fully saturated rings. The lowest BCUT2D eigenvalue weighted by Gasteiger charge is -2.20. The van der Waals surface area contributed by atoms with Gasteiger partial charge >= 0.3 is 12.2 Å². The van der Waals surface area contributed by atoms with Crippen LogP contribution in [-0.2, 0) is 18.6 Å². The fourth-order valence-corrected chi connectivity index (χ4v) is 2.93. The Morgan fingerprint density at radius 1 is 0.781 bits per heavy atom. The van der Waals surface area contributed by atoms with Crippen molar-refractivity contribution < 1.29 is 31.4 Å². The van der Waals surface area contributed by atoms with Gasteiger partial charge in [0.25, 0.3) is 0 Å². The number of benzene rings is 3. The summed E-state index contributed by atoms with van der Waals surface area (Å²) < 4.78 is 80.5. The molecule has 0 heterocycles. The van der Waals surface area contributed by atoms with Crippen molar-refractivity contribution in [1.29, 1.82) is 5.26 Å². The van der Waals surface area contributed by atoms with Gasteiger partial charge in [-0.1, -0.05) is 25.5 Å². The van der Waals surface area contributed by atoms with Crippen molar-refractivity contribution in [1.82, 2.24) is 0 Å². The van der Waals surface area contributed by atoms with Crippen LogP contribution in [0.5, 0.6) is 11.5 Å². The van der Waals surface area contributed by atoms with Gasteiger partial charge in [0.15, 0.2) is 0 Å². The minimum atomic E-state index is -3.88. The first-order chi connectivity index (χ1) is 15.1. The summed E-state index contributed by atoms with van der Waals surface area (Å²) in [7, 11) is 0. The van der Waals surface area contributed by atoms with Gasteiger partial charge in [0, 0.05) is 6.07 Å². The Bertz CT molecular complexity index is 1110. The molecule has 0 radical (unpaired) electrons. The Hall–Kier alpha value is -3.60. The zero-order valence-electron chi connectivity index (χ0n) is 16.9. The molecule has 3 rings (SSSR count). The van der Waals surface area contributed by atoms with Crippen LogP contribution < -0.4 is 9.47 Å². The number of hydrogen-bond donors (Lipinski definition) is 0. The van der Waals surface area contributed by atoms with Crippen molar-refractivity contribution in [2.45, 2.75) is 32.0 Å². The van der Waals surface area contributed by atoms with Gasteiger partial charge in [0.2, 0.25) is 0 Å². The van der Waals surface area contributed by atoms with Crippen LogP contribution in [0, 0.1) is 17.1 Å². The Morgan fingerprint density at radius 2 is 1.28 bits per heavy atom. The SMILES string of the molecule is CCCc1ccc(C(F)(F)Oc2ccc(C(F)(F)Oc3ccc(C#N)c(F)c3)cc2)cc1. The second-order valence-electron chi connectivity index (χ2n) is 6.96. The molecule has 32 heavy (non-hydrogen) atoms. The smallest absolute Gasteiger partial charge is 0.426 e. The summed E-state index contributed by atoms with van der Waals surface area (Å²) in [5, 5.41) is 8.69. The van der Waals surface area contributed by atoms with Crippen LogP contribution in [-0.4, -0.2) is 0 Å². The minimum absolute atomic E-state index is 0.317. The van der Waals surface area contributed by atoms with E-state index in [0.29, 0.717) is 6.07 Å². The lowest BCUT2D eigenvalue weighted by Crippen LogP contribution is -2.23. The molecule has 0 saturated heterocycles. The molecule has 3 aromatic rings. The predicted octanol–water partition coefficient (Wildman–Crippen LogP) is 6.91. The van der Waals surface area contributed by atoms with Crippen LogP contribution in [0.4, 0.5) is 22.0 Å². The highest BCUT2D eigenvalue weighted by molar-refractivity contribution is 5.37. The highest BCUT2D eigenvalue weighted by atomic mass is 19.3. The van der Waals surface area contributed by atoms with Gasteiger partial charge in [-0.05, 0) is 60.5 Å². The third kappa shape index (κ3) is 5.35. The van der Waals surface area contributed by atoms with Gasteiger partial charge in [0.1, 0.15) is 23.4 Å². The second kappa shape index (κ2) is 9.27. The van der Waals surface area contributed by atoms with E-state index in [2.05, 4.69) is 4.74 Å². The molecular formula is C24H18F5NO2. The van der Waals surface area contributed by atoms with E-state index in [1.807, 2.05) is 6.92 Å². The quantitative estimate of drug-likeness (QED) is 0.353. The second-order valence-corrected chi connectivity index (χ2v) is 6.96. The van der Waals surface area contributed by atoms with Gasteiger partial charge in [-0.2, -0.15) is 22.8 Å². The van der Waals surface area contributed by atoms with Crippen molar-refractivity contribution in [3.63, 3.8) is 0 Å². The zero-order chi connectivity index (χ0) is 23.4. The average molecular weight is 447 g/mol. The summed E-state index contributed by atoms with van der Waals surface area (Å²) >= 11 is 0. The summed E-state index contributed by atoms with van der Waals surface area (Å²) in [5.41, 5.74) is -0.413. The fourth-order valence-electron chi connectivity index (χ4n) is 2.93. The lowest BCUT2D eigenvalue weighted by molar-refractivity contribution is -0.187. The molecule has 0 aliphatic heterocycles.